The predicted molar refractivity (Wildman–Crippen MR) is 229 cm³/mol. The average Bonchev–Trinajstić information content (AvgIpc) is 3.79. The minimum Gasteiger partial charge on any atom is -0.457 e. The number of likely N-dealkylation sites (tertiary alicyclic amines) is 1. The molecule has 0 spiro atoms. The second-order valence-electron chi connectivity index (χ2n) is 16.1. The third-order valence-corrected chi connectivity index (χ3v) is 12.1. The Kier molecular flexibility index (Phi) is 12.6. The number of aromatic nitrogens is 2. The van der Waals surface area contributed by atoms with Crippen molar-refractivity contribution >= 4 is 46.9 Å². The molecule has 2 fully saturated rings. The topological polar surface area (TPSA) is 211 Å². The molecule has 17 nitrogen and oxygen atoms in total. The zero-order chi connectivity index (χ0) is 43.3. The fourth-order valence-corrected chi connectivity index (χ4v) is 8.74. The van der Waals surface area contributed by atoms with E-state index in [0.29, 0.717) is 87.4 Å². The maximum atomic E-state index is 13.3. The van der Waals surface area contributed by atoms with Crippen molar-refractivity contribution in [3.8, 4) is 22.8 Å². The number of anilines is 2. The fourth-order valence-electron chi connectivity index (χ4n) is 8.74. The summed E-state index contributed by atoms with van der Waals surface area (Å²) in [6, 6.07) is 20.9. The van der Waals surface area contributed by atoms with Crippen molar-refractivity contribution in [3.63, 3.8) is 0 Å². The number of rotatable bonds is 16. The Morgan fingerprint density at radius 3 is 2.37 bits per heavy atom. The Labute approximate surface area is 358 Å². The van der Waals surface area contributed by atoms with Crippen LogP contribution in [0.25, 0.3) is 11.3 Å². The number of nitrogens with two attached hydrogens (primary N) is 1. The second kappa shape index (κ2) is 18.6. The Morgan fingerprint density at radius 2 is 1.63 bits per heavy atom. The van der Waals surface area contributed by atoms with E-state index in [4.69, 9.17) is 20.3 Å². The Bertz CT molecular complexity index is 2340. The third-order valence-electron chi connectivity index (χ3n) is 12.1. The van der Waals surface area contributed by atoms with Crippen LogP contribution in [0.1, 0.15) is 75.6 Å². The normalized spacial score (nSPS) is 18.9. The van der Waals surface area contributed by atoms with Crippen LogP contribution < -0.4 is 26.4 Å². The minimum atomic E-state index is -1.01. The first-order valence-corrected chi connectivity index (χ1v) is 21.2. The molecule has 5 heterocycles. The molecule has 5 N–H and O–H groups in total. The van der Waals surface area contributed by atoms with E-state index in [-0.39, 0.29) is 41.8 Å². The van der Waals surface area contributed by atoms with Gasteiger partial charge >= 0.3 is 0 Å². The van der Waals surface area contributed by atoms with Crippen LogP contribution in [-0.4, -0.2) is 125 Å². The number of fused-ring (bicyclic) bond motifs is 2. The largest absolute Gasteiger partial charge is 0.457 e. The summed E-state index contributed by atoms with van der Waals surface area (Å²) in [6.07, 6.45) is 3.09. The first kappa shape index (κ1) is 42.1. The van der Waals surface area contributed by atoms with E-state index in [1.54, 1.807) is 18.2 Å². The zero-order valence-corrected chi connectivity index (χ0v) is 34.6. The SMILES string of the molecule is CN(CCOCCNc1ccc2c(c1)C(=O)N(C1CCC(=O)NC1=O)C2=O)CCC(=O)N1CCC([C@@H]2CCNc3c(C(N)=O)c(-c4ccc(Oc5ccccc5)cc4)nn32)CC1. The van der Waals surface area contributed by atoms with Crippen LogP contribution in [0.4, 0.5) is 11.5 Å². The van der Waals surface area contributed by atoms with Gasteiger partial charge in [-0.05, 0) is 93.2 Å². The lowest BCUT2D eigenvalue weighted by molar-refractivity contribution is -0.136. The summed E-state index contributed by atoms with van der Waals surface area (Å²) < 4.78 is 13.7. The average molecular weight is 846 g/mol. The van der Waals surface area contributed by atoms with Crippen LogP contribution in [0.5, 0.6) is 11.5 Å². The molecule has 324 valence electrons. The number of carbonyl (C=O) groups is 6. The molecule has 4 aliphatic rings. The standard InChI is InChI=1S/C45H51N9O8/c1-51(24-26-61-25-20-47-30-9-12-33-34(27-30)45(60)53(44(33)59)36-13-14-37(55)49-43(36)58)21-18-38(56)52-22-16-28(17-23-52)35-15-19-48-42-39(41(46)57)40(50-54(35)42)29-7-10-32(11-8-29)62-31-5-3-2-4-6-31/h2-12,27-28,35-36,47-48H,13-26H2,1H3,(H2,46,57)(H,49,55,58)/t35-,36?/m0/s1. The van der Waals surface area contributed by atoms with Crippen LogP contribution in [-0.2, 0) is 19.1 Å². The zero-order valence-electron chi connectivity index (χ0n) is 34.6. The van der Waals surface area contributed by atoms with Gasteiger partial charge in [0.05, 0.1) is 30.4 Å². The lowest BCUT2D eigenvalue weighted by atomic mass is 9.86. The smallest absolute Gasteiger partial charge is 0.262 e. The van der Waals surface area contributed by atoms with Crippen LogP contribution >= 0.6 is 0 Å². The molecule has 1 aromatic heterocycles. The van der Waals surface area contributed by atoms with E-state index < -0.39 is 35.6 Å². The van der Waals surface area contributed by atoms with Crippen LogP contribution in [0.3, 0.4) is 0 Å². The van der Waals surface area contributed by atoms with Gasteiger partial charge in [0.15, 0.2) is 0 Å². The van der Waals surface area contributed by atoms with Gasteiger partial charge in [0.2, 0.25) is 17.7 Å². The van der Waals surface area contributed by atoms with E-state index in [1.165, 1.54) is 0 Å². The van der Waals surface area contributed by atoms with Crippen molar-refractivity contribution in [3.05, 3.63) is 89.5 Å². The van der Waals surface area contributed by atoms with Crippen molar-refractivity contribution < 1.29 is 38.2 Å². The van der Waals surface area contributed by atoms with Crippen molar-refractivity contribution in [2.75, 3.05) is 70.2 Å². The first-order chi connectivity index (χ1) is 30.0. The molecule has 0 radical (unpaired) electrons. The molecule has 4 aliphatic heterocycles. The summed E-state index contributed by atoms with van der Waals surface area (Å²) in [5.41, 5.74) is 8.70. The van der Waals surface area contributed by atoms with Crippen molar-refractivity contribution in [2.45, 2.75) is 50.6 Å². The Hall–Kier alpha value is -6.59. The van der Waals surface area contributed by atoms with Crippen molar-refractivity contribution in [1.29, 1.82) is 0 Å². The molecular formula is C45H51N9O8. The molecule has 1 unspecified atom stereocenters. The number of imide groups is 2. The fraction of sp³-hybridized carbons (Fsp3) is 0.400. The molecule has 17 heteroatoms. The van der Waals surface area contributed by atoms with E-state index in [1.807, 2.05) is 71.2 Å². The number of benzene rings is 3. The molecular weight excluding hydrogens is 795 g/mol. The summed E-state index contributed by atoms with van der Waals surface area (Å²) >= 11 is 0. The molecule has 2 atom stereocenters. The highest BCUT2D eigenvalue weighted by atomic mass is 16.5. The number of piperidine rings is 2. The predicted octanol–water partition coefficient (Wildman–Crippen LogP) is 3.89. The lowest BCUT2D eigenvalue weighted by Gasteiger charge is -2.38. The third kappa shape index (κ3) is 9.04. The summed E-state index contributed by atoms with van der Waals surface area (Å²) in [7, 11) is 1.96. The van der Waals surface area contributed by atoms with Crippen LogP contribution in [0.15, 0.2) is 72.8 Å². The van der Waals surface area contributed by atoms with Crippen molar-refractivity contribution in [2.24, 2.45) is 11.7 Å². The number of nitrogens with one attached hydrogen (secondary N) is 3. The highest BCUT2D eigenvalue weighted by Crippen LogP contribution is 2.40. The van der Waals surface area contributed by atoms with E-state index in [0.717, 1.165) is 35.5 Å². The number of carbonyl (C=O) groups excluding carboxylic acids is 6. The van der Waals surface area contributed by atoms with Gasteiger partial charge in [-0.15, -0.1) is 0 Å². The molecule has 8 rings (SSSR count). The molecule has 6 amide bonds. The molecule has 3 aromatic carbocycles. The van der Waals surface area contributed by atoms with E-state index in [2.05, 4.69) is 20.9 Å². The minimum absolute atomic E-state index is 0.0639. The van der Waals surface area contributed by atoms with Gasteiger partial charge in [-0.25, -0.2) is 4.68 Å². The van der Waals surface area contributed by atoms with Gasteiger partial charge in [0.1, 0.15) is 34.6 Å². The molecule has 62 heavy (non-hydrogen) atoms. The van der Waals surface area contributed by atoms with Crippen LogP contribution in [0.2, 0.25) is 0 Å². The summed E-state index contributed by atoms with van der Waals surface area (Å²) in [5.74, 6) is -0.243. The lowest BCUT2D eigenvalue weighted by Crippen LogP contribution is -2.54. The molecule has 4 aromatic rings. The highest BCUT2D eigenvalue weighted by Gasteiger charge is 2.44. The number of nitrogens with zero attached hydrogens (tertiary/aromatic N) is 5. The Morgan fingerprint density at radius 1 is 0.887 bits per heavy atom. The summed E-state index contributed by atoms with van der Waals surface area (Å²) in [5, 5.41) is 13.8. The van der Waals surface area contributed by atoms with Gasteiger partial charge in [-0.3, -0.25) is 39.0 Å². The van der Waals surface area contributed by atoms with Gasteiger partial charge < -0.3 is 35.6 Å². The summed E-state index contributed by atoms with van der Waals surface area (Å²) in [6.45, 7) is 4.58. The number of likely N-dealkylation sites (N-methyl/N-ethyl adjacent to an activating group) is 1. The van der Waals surface area contributed by atoms with Crippen LogP contribution in [0, 0.1) is 5.92 Å². The number of hydrogen-bond acceptors (Lipinski definition) is 12. The molecule has 0 aliphatic carbocycles. The number of ether oxygens (including phenoxy) is 2. The highest BCUT2D eigenvalue weighted by molar-refractivity contribution is 6.23. The van der Waals surface area contributed by atoms with Gasteiger partial charge in [-0.1, -0.05) is 18.2 Å². The second-order valence-corrected chi connectivity index (χ2v) is 16.1. The van der Waals surface area contributed by atoms with Gasteiger partial charge in [0, 0.05) is 63.4 Å². The monoisotopic (exact) mass is 845 g/mol. The van der Waals surface area contributed by atoms with Gasteiger partial charge in [-0.2, -0.15) is 5.10 Å². The number of hydrogen-bond donors (Lipinski definition) is 4. The van der Waals surface area contributed by atoms with E-state index in [9.17, 15) is 28.8 Å². The number of para-hydroxylation sites is 1. The van der Waals surface area contributed by atoms with Crippen molar-refractivity contribution in [1.82, 2.24) is 29.8 Å². The number of amides is 6. The van der Waals surface area contributed by atoms with Gasteiger partial charge in [0.25, 0.3) is 17.7 Å². The quantitative estimate of drug-likeness (QED) is 0.0936. The summed E-state index contributed by atoms with van der Waals surface area (Å²) in [4.78, 5) is 81.0. The van der Waals surface area contributed by atoms with E-state index >= 15 is 0 Å². The number of primary amides is 1. The molecule has 0 saturated carbocycles. The Balaban J connectivity index is 0.753. The molecule has 2 saturated heterocycles. The maximum Gasteiger partial charge on any atom is 0.262 e. The molecule has 0 bridgehead atoms. The first-order valence-electron chi connectivity index (χ1n) is 21.2. The maximum absolute atomic E-state index is 13.3.